The van der Waals surface area contributed by atoms with Gasteiger partial charge in [0.2, 0.25) is 5.82 Å². The van der Waals surface area contributed by atoms with Crippen molar-refractivity contribution in [3.8, 4) is 23.5 Å². The zero-order valence-corrected chi connectivity index (χ0v) is 19.6. The molecule has 2 N–H and O–H groups in total. The fourth-order valence-corrected chi connectivity index (χ4v) is 3.98. The minimum absolute atomic E-state index is 0.0339. The van der Waals surface area contributed by atoms with Crippen molar-refractivity contribution < 1.29 is 28.3 Å². The minimum atomic E-state index is -0.960. The highest BCUT2D eigenvalue weighted by Gasteiger charge is 2.43. The molecule has 182 valence electrons. The van der Waals surface area contributed by atoms with Crippen molar-refractivity contribution in [1.82, 2.24) is 10.1 Å². The molecule has 1 aliphatic heterocycles. The first-order chi connectivity index (χ1) is 17.4. The van der Waals surface area contributed by atoms with Crippen LogP contribution >= 0.6 is 0 Å². The molecule has 3 aromatic rings. The highest BCUT2D eigenvalue weighted by molar-refractivity contribution is 6.06. The van der Waals surface area contributed by atoms with Gasteiger partial charge in [0.1, 0.15) is 11.5 Å². The highest BCUT2D eigenvalue weighted by Crippen LogP contribution is 2.43. The van der Waals surface area contributed by atoms with Crippen molar-refractivity contribution in [2.45, 2.75) is 5.92 Å². The van der Waals surface area contributed by atoms with E-state index in [0.717, 1.165) is 0 Å². The van der Waals surface area contributed by atoms with E-state index >= 15 is 0 Å². The number of methoxy groups -OCH3 is 3. The predicted octanol–water partition coefficient (Wildman–Crippen LogP) is 2.64. The Labute approximate surface area is 206 Å². The number of esters is 2. The number of ether oxygens (including phenoxy) is 3. The van der Waals surface area contributed by atoms with E-state index in [1.54, 1.807) is 54.6 Å². The summed E-state index contributed by atoms with van der Waals surface area (Å²) >= 11 is 0. The number of nitrogens with two attached hydrogens (primary N) is 1. The molecule has 2 heterocycles. The molecule has 0 aliphatic carbocycles. The third kappa shape index (κ3) is 4.12. The quantitative estimate of drug-likeness (QED) is 0.510. The number of nitriles is 1. The van der Waals surface area contributed by atoms with Gasteiger partial charge in [-0.1, -0.05) is 47.6 Å². The summed E-state index contributed by atoms with van der Waals surface area (Å²) in [6.07, 6.45) is -0.0339. The first-order valence-electron chi connectivity index (χ1n) is 10.6. The average Bonchev–Trinajstić information content (AvgIpc) is 3.41. The van der Waals surface area contributed by atoms with E-state index in [1.807, 2.05) is 0 Å². The summed E-state index contributed by atoms with van der Waals surface area (Å²) in [4.78, 5) is 31.7. The standard InChI is InChI=1S/C25H21N5O6/c1-33-23(31)19-18(14-8-5-4-6-9-14)17(13-26)21(27)30(20(19)24(32)34-2)16-11-7-10-15(12-16)22-28-25(35-3)36-29-22/h4-12,18H,27H2,1-3H3. The molecule has 0 bridgehead atoms. The molecule has 1 unspecified atom stereocenters. The first kappa shape index (κ1) is 24.0. The van der Waals surface area contributed by atoms with Gasteiger partial charge in [-0.05, 0) is 17.7 Å². The van der Waals surface area contributed by atoms with Crippen LogP contribution in [0.3, 0.4) is 0 Å². The van der Waals surface area contributed by atoms with E-state index in [2.05, 4.69) is 16.2 Å². The van der Waals surface area contributed by atoms with Gasteiger partial charge in [-0.3, -0.25) is 9.42 Å². The summed E-state index contributed by atoms with van der Waals surface area (Å²) < 4.78 is 20.0. The lowest BCUT2D eigenvalue weighted by atomic mass is 9.81. The third-order valence-corrected chi connectivity index (χ3v) is 5.55. The first-order valence-corrected chi connectivity index (χ1v) is 10.6. The molecule has 0 saturated heterocycles. The second-order valence-corrected chi connectivity index (χ2v) is 7.47. The summed E-state index contributed by atoms with van der Waals surface area (Å²) in [6.45, 7) is 0. The maximum atomic E-state index is 13.1. The van der Waals surface area contributed by atoms with Gasteiger partial charge in [0.15, 0.2) is 0 Å². The Hall–Kier alpha value is -5.11. The zero-order chi connectivity index (χ0) is 25.8. The summed E-state index contributed by atoms with van der Waals surface area (Å²) in [5.74, 6) is -2.45. The van der Waals surface area contributed by atoms with Gasteiger partial charge in [-0.2, -0.15) is 10.2 Å². The number of rotatable bonds is 6. The van der Waals surface area contributed by atoms with Crippen LogP contribution in [0.4, 0.5) is 5.69 Å². The fourth-order valence-electron chi connectivity index (χ4n) is 3.98. The smallest absolute Gasteiger partial charge is 0.417 e. The Morgan fingerprint density at radius 1 is 1.06 bits per heavy atom. The topological polar surface area (TPSA) is 154 Å². The fraction of sp³-hybridized carbons (Fsp3) is 0.160. The SMILES string of the molecule is COC(=O)C1=C(C(=O)OC)N(c2cccc(-c3noc(OC)n3)c2)C(N)=C(C#N)C1c1ccccc1. The predicted molar refractivity (Wildman–Crippen MR) is 126 cm³/mol. The lowest BCUT2D eigenvalue weighted by Gasteiger charge is -2.36. The van der Waals surface area contributed by atoms with E-state index in [4.69, 9.17) is 24.5 Å². The molecule has 0 radical (unpaired) electrons. The Morgan fingerprint density at radius 2 is 1.78 bits per heavy atom. The normalized spacial score (nSPS) is 15.4. The Bertz CT molecular complexity index is 1420. The minimum Gasteiger partial charge on any atom is -0.466 e. The summed E-state index contributed by atoms with van der Waals surface area (Å²) in [7, 11) is 3.76. The van der Waals surface area contributed by atoms with Gasteiger partial charge < -0.3 is 19.9 Å². The lowest BCUT2D eigenvalue weighted by molar-refractivity contribution is -0.139. The van der Waals surface area contributed by atoms with Gasteiger partial charge in [0.05, 0.1) is 44.5 Å². The zero-order valence-electron chi connectivity index (χ0n) is 19.6. The van der Waals surface area contributed by atoms with E-state index in [9.17, 15) is 14.9 Å². The maximum Gasteiger partial charge on any atom is 0.417 e. The summed E-state index contributed by atoms with van der Waals surface area (Å²) in [5.41, 5.74) is 7.71. The second-order valence-electron chi connectivity index (χ2n) is 7.47. The molecule has 1 atom stereocenters. The molecular formula is C25H21N5O6. The number of aromatic nitrogens is 2. The van der Waals surface area contributed by atoms with Crippen LogP contribution in [0, 0.1) is 11.3 Å². The molecule has 1 aliphatic rings. The van der Waals surface area contributed by atoms with Gasteiger partial charge >= 0.3 is 18.0 Å². The number of benzene rings is 2. The van der Waals surface area contributed by atoms with Gasteiger partial charge in [-0.25, -0.2) is 9.59 Å². The molecule has 4 rings (SSSR count). The average molecular weight is 487 g/mol. The number of carbonyl (C=O) groups excluding carboxylic acids is 2. The van der Waals surface area contributed by atoms with Crippen molar-refractivity contribution in [1.29, 1.82) is 5.26 Å². The molecule has 36 heavy (non-hydrogen) atoms. The lowest BCUT2D eigenvalue weighted by Crippen LogP contribution is -2.40. The number of hydrogen-bond acceptors (Lipinski definition) is 11. The van der Waals surface area contributed by atoms with E-state index in [0.29, 0.717) is 16.8 Å². The third-order valence-electron chi connectivity index (χ3n) is 5.55. The van der Waals surface area contributed by atoms with Gasteiger partial charge in [0.25, 0.3) is 0 Å². The second kappa shape index (κ2) is 10.0. The van der Waals surface area contributed by atoms with Crippen LogP contribution in [0.5, 0.6) is 6.08 Å². The van der Waals surface area contributed by atoms with Crippen molar-refractivity contribution in [2.24, 2.45) is 5.73 Å². The van der Waals surface area contributed by atoms with E-state index < -0.39 is 17.9 Å². The van der Waals surface area contributed by atoms with Crippen molar-refractivity contribution >= 4 is 17.6 Å². The van der Waals surface area contributed by atoms with Crippen LogP contribution in [-0.2, 0) is 19.1 Å². The molecule has 0 amide bonds. The largest absolute Gasteiger partial charge is 0.466 e. The molecule has 1 aromatic heterocycles. The number of nitrogens with zero attached hydrogens (tertiary/aromatic N) is 4. The van der Waals surface area contributed by atoms with E-state index in [-0.39, 0.29) is 34.6 Å². The number of hydrogen-bond donors (Lipinski definition) is 1. The van der Waals surface area contributed by atoms with Crippen LogP contribution in [0.2, 0.25) is 0 Å². The maximum absolute atomic E-state index is 13.1. The van der Waals surface area contributed by atoms with Gasteiger partial charge in [0, 0.05) is 11.3 Å². The monoisotopic (exact) mass is 487 g/mol. The summed E-state index contributed by atoms with van der Waals surface area (Å²) in [5, 5.41) is 14.0. The van der Waals surface area contributed by atoms with Crippen LogP contribution in [0.25, 0.3) is 11.4 Å². The van der Waals surface area contributed by atoms with Crippen molar-refractivity contribution in [3.63, 3.8) is 0 Å². The molecule has 2 aromatic carbocycles. The van der Waals surface area contributed by atoms with Crippen molar-refractivity contribution in [2.75, 3.05) is 26.2 Å². The van der Waals surface area contributed by atoms with Gasteiger partial charge in [-0.15, -0.1) is 0 Å². The molecular weight excluding hydrogens is 466 g/mol. The molecule has 0 saturated carbocycles. The van der Waals surface area contributed by atoms with Crippen LogP contribution in [0.1, 0.15) is 11.5 Å². The Balaban J connectivity index is 1.99. The molecule has 11 nitrogen and oxygen atoms in total. The Kier molecular flexibility index (Phi) is 6.69. The Morgan fingerprint density at radius 3 is 2.39 bits per heavy atom. The molecule has 11 heteroatoms. The highest BCUT2D eigenvalue weighted by atomic mass is 16.6. The summed E-state index contributed by atoms with van der Waals surface area (Å²) in [6, 6.07) is 17.5. The number of anilines is 1. The van der Waals surface area contributed by atoms with Crippen LogP contribution < -0.4 is 15.4 Å². The van der Waals surface area contributed by atoms with E-state index in [1.165, 1.54) is 26.2 Å². The number of allylic oxidation sites excluding steroid dienone is 1. The van der Waals surface area contributed by atoms with Crippen LogP contribution in [-0.4, -0.2) is 43.4 Å². The molecule has 0 fully saturated rings. The number of carbonyl (C=O) groups is 2. The van der Waals surface area contributed by atoms with Crippen molar-refractivity contribution in [3.05, 3.63) is 82.8 Å². The van der Waals surface area contributed by atoms with Crippen LogP contribution in [0.15, 0.2) is 81.8 Å². The molecule has 0 spiro atoms.